The van der Waals surface area contributed by atoms with E-state index in [2.05, 4.69) is 46.9 Å². The highest BCUT2D eigenvalue weighted by atomic mass is 16.5. The van der Waals surface area contributed by atoms with Gasteiger partial charge in [0.25, 0.3) is 0 Å². The van der Waals surface area contributed by atoms with E-state index in [0.717, 1.165) is 13.2 Å². The van der Waals surface area contributed by atoms with Gasteiger partial charge in [-0.3, -0.25) is 0 Å². The van der Waals surface area contributed by atoms with Crippen molar-refractivity contribution in [1.82, 2.24) is 5.32 Å². The van der Waals surface area contributed by atoms with E-state index < -0.39 is 0 Å². The van der Waals surface area contributed by atoms with Crippen molar-refractivity contribution in [3.8, 4) is 0 Å². The minimum Gasteiger partial charge on any atom is -0.374 e. The predicted molar refractivity (Wildman–Crippen MR) is 67.2 cm³/mol. The summed E-state index contributed by atoms with van der Waals surface area (Å²) >= 11 is 0. The van der Waals surface area contributed by atoms with Crippen LogP contribution in [0, 0.1) is 5.92 Å². The highest BCUT2D eigenvalue weighted by Gasteiger charge is 2.33. The zero-order chi connectivity index (χ0) is 11.9. The molecular formula is C13H29NO. The highest BCUT2D eigenvalue weighted by Crippen LogP contribution is 2.25. The van der Waals surface area contributed by atoms with Crippen LogP contribution in [0.15, 0.2) is 0 Å². The van der Waals surface area contributed by atoms with E-state index in [1.165, 1.54) is 12.8 Å². The van der Waals surface area contributed by atoms with Gasteiger partial charge in [0.15, 0.2) is 0 Å². The van der Waals surface area contributed by atoms with E-state index in [9.17, 15) is 0 Å². The molecule has 1 atom stereocenters. The molecule has 0 radical (unpaired) electrons. The lowest BCUT2D eigenvalue weighted by molar-refractivity contribution is -0.0536. The topological polar surface area (TPSA) is 21.3 Å². The molecule has 2 nitrogen and oxygen atoms in total. The fourth-order valence-corrected chi connectivity index (χ4v) is 2.42. The second-order valence-corrected chi connectivity index (χ2v) is 4.65. The minimum absolute atomic E-state index is 0.0680. The van der Waals surface area contributed by atoms with Gasteiger partial charge in [0, 0.05) is 12.6 Å². The first-order valence-electron chi connectivity index (χ1n) is 6.40. The van der Waals surface area contributed by atoms with E-state index in [1.54, 1.807) is 0 Å². The molecule has 0 aliphatic carbocycles. The lowest BCUT2D eigenvalue weighted by atomic mass is 9.83. The smallest absolute Gasteiger partial charge is 0.0781 e. The van der Waals surface area contributed by atoms with Crippen LogP contribution in [-0.2, 0) is 4.74 Å². The summed E-state index contributed by atoms with van der Waals surface area (Å²) < 4.78 is 5.87. The lowest BCUT2D eigenvalue weighted by Crippen LogP contribution is -2.52. The zero-order valence-electron chi connectivity index (χ0n) is 11.4. The molecule has 0 aliphatic rings. The molecule has 0 aromatic heterocycles. The summed E-state index contributed by atoms with van der Waals surface area (Å²) in [5.74, 6) is 0.700. The quantitative estimate of drug-likeness (QED) is 0.671. The van der Waals surface area contributed by atoms with Crippen LogP contribution in [-0.4, -0.2) is 24.8 Å². The van der Waals surface area contributed by atoms with Gasteiger partial charge in [-0.25, -0.2) is 0 Å². The van der Waals surface area contributed by atoms with Crippen LogP contribution < -0.4 is 5.32 Å². The Balaban J connectivity index is 4.60. The van der Waals surface area contributed by atoms with Crippen LogP contribution in [0.25, 0.3) is 0 Å². The maximum absolute atomic E-state index is 5.87. The minimum atomic E-state index is -0.0680. The number of ether oxygens (including phenoxy) is 1. The fourth-order valence-electron chi connectivity index (χ4n) is 2.42. The molecule has 0 saturated heterocycles. The average molecular weight is 215 g/mol. The van der Waals surface area contributed by atoms with Crippen LogP contribution >= 0.6 is 0 Å². The Hall–Kier alpha value is -0.0800. The Morgan fingerprint density at radius 2 is 1.60 bits per heavy atom. The molecule has 1 N–H and O–H groups in total. The highest BCUT2D eigenvalue weighted by molar-refractivity contribution is 4.89. The van der Waals surface area contributed by atoms with E-state index in [1.807, 2.05) is 0 Å². The summed E-state index contributed by atoms with van der Waals surface area (Å²) in [5, 5.41) is 3.58. The third kappa shape index (κ3) is 4.52. The van der Waals surface area contributed by atoms with Crippen molar-refractivity contribution in [2.24, 2.45) is 5.92 Å². The molecule has 2 heteroatoms. The maximum Gasteiger partial charge on any atom is 0.0781 e. The van der Waals surface area contributed by atoms with Gasteiger partial charge >= 0.3 is 0 Å². The van der Waals surface area contributed by atoms with Gasteiger partial charge in [0.05, 0.1) is 5.60 Å². The molecule has 0 spiro atoms. The third-order valence-electron chi connectivity index (χ3n) is 3.21. The number of likely N-dealkylation sites (N-methyl/N-ethyl adjacent to an activating group) is 1. The van der Waals surface area contributed by atoms with Gasteiger partial charge in [-0.05, 0) is 33.2 Å². The van der Waals surface area contributed by atoms with E-state index in [4.69, 9.17) is 4.74 Å². The van der Waals surface area contributed by atoms with E-state index >= 15 is 0 Å². The lowest BCUT2D eigenvalue weighted by Gasteiger charge is -2.39. The standard InChI is InChI=1S/C13H29NO/c1-7-11(8-2)12(14-9-3)13(5,6)15-10-4/h11-12,14H,7-10H2,1-6H3. The first kappa shape index (κ1) is 14.9. The van der Waals surface area contributed by atoms with Crippen molar-refractivity contribution in [3.05, 3.63) is 0 Å². The van der Waals surface area contributed by atoms with Crippen molar-refractivity contribution in [3.63, 3.8) is 0 Å². The molecule has 1 unspecified atom stereocenters. The van der Waals surface area contributed by atoms with Crippen molar-refractivity contribution in [2.45, 2.75) is 66.0 Å². The second-order valence-electron chi connectivity index (χ2n) is 4.65. The molecule has 0 heterocycles. The van der Waals surface area contributed by atoms with Gasteiger partial charge in [0.1, 0.15) is 0 Å². The van der Waals surface area contributed by atoms with Crippen LogP contribution in [0.4, 0.5) is 0 Å². The zero-order valence-corrected chi connectivity index (χ0v) is 11.4. The van der Waals surface area contributed by atoms with Gasteiger partial charge in [0.2, 0.25) is 0 Å². The number of hydrogen-bond donors (Lipinski definition) is 1. The molecule has 0 bridgehead atoms. The van der Waals surface area contributed by atoms with E-state index in [0.29, 0.717) is 12.0 Å². The first-order chi connectivity index (χ1) is 7.03. The van der Waals surface area contributed by atoms with Crippen LogP contribution in [0.3, 0.4) is 0 Å². The van der Waals surface area contributed by atoms with Gasteiger partial charge < -0.3 is 10.1 Å². The van der Waals surface area contributed by atoms with Crippen molar-refractivity contribution in [2.75, 3.05) is 13.2 Å². The number of rotatable bonds is 8. The molecule has 15 heavy (non-hydrogen) atoms. The summed E-state index contributed by atoms with van der Waals surface area (Å²) in [6, 6.07) is 0.456. The van der Waals surface area contributed by atoms with Crippen LogP contribution in [0.5, 0.6) is 0 Å². The summed E-state index contributed by atoms with van der Waals surface area (Å²) in [7, 11) is 0. The molecule has 92 valence electrons. The summed E-state index contributed by atoms with van der Waals surface area (Å²) in [6.45, 7) is 15.0. The van der Waals surface area contributed by atoms with Crippen LogP contribution in [0.2, 0.25) is 0 Å². The molecular weight excluding hydrogens is 186 g/mol. The van der Waals surface area contributed by atoms with Crippen molar-refractivity contribution < 1.29 is 4.74 Å². The Morgan fingerprint density at radius 1 is 1.07 bits per heavy atom. The number of nitrogens with one attached hydrogen (secondary N) is 1. The molecule has 0 amide bonds. The number of hydrogen-bond acceptors (Lipinski definition) is 2. The molecule has 0 fully saturated rings. The summed E-state index contributed by atoms with van der Waals surface area (Å²) in [6.07, 6.45) is 2.43. The second kappa shape index (κ2) is 7.24. The third-order valence-corrected chi connectivity index (χ3v) is 3.21. The normalized spacial score (nSPS) is 14.6. The fraction of sp³-hybridized carbons (Fsp3) is 1.00. The Morgan fingerprint density at radius 3 is 1.93 bits per heavy atom. The maximum atomic E-state index is 5.87. The predicted octanol–water partition coefficient (Wildman–Crippen LogP) is 3.22. The summed E-state index contributed by atoms with van der Waals surface area (Å²) in [5.41, 5.74) is -0.0680. The molecule has 0 aliphatic heterocycles. The largest absolute Gasteiger partial charge is 0.374 e. The van der Waals surface area contributed by atoms with Crippen molar-refractivity contribution in [1.29, 1.82) is 0 Å². The Labute approximate surface area is 95.8 Å². The Kier molecular flexibility index (Phi) is 7.20. The molecule has 0 rings (SSSR count). The first-order valence-corrected chi connectivity index (χ1v) is 6.40. The Bertz CT molecular complexity index is 153. The molecule has 0 aromatic rings. The van der Waals surface area contributed by atoms with Crippen molar-refractivity contribution >= 4 is 0 Å². The summed E-state index contributed by atoms with van der Waals surface area (Å²) in [4.78, 5) is 0. The average Bonchev–Trinajstić information content (AvgIpc) is 2.18. The van der Waals surface area contributed by atoms with Gasteiger partial charge in [-0.15, -0.1) is 0 Å². The van der Waals surface area contributed by atoms with E-state index in [-0.39, 0.29) is 5.60 Å². The monoisotopic (exact) mass is 215 g/mol. The SMILES string of the molecule is CCNC(C(CC)CC)C(C)(C)OCC. The van der Waals surface area contributed by atoms with Gasteiger partial charge in [-0.2, -0.15) is 0 Å². The molecule has 0 saturated carbocycles. The molecule has 0 aromatic carbocycles. The van der Waals surface area contributed by atoms with Gasteiger partial charge in [-0.1, -0.05) is 33.6 Å². The van der Waals surface area contributed by atoms with Crippen LogP contribution in [0.1, 0.15) is 54.4 Å².